The highest BCUT2D eigenvalue weighted by Gasteiger charge is 2.27. The molecule has 1 amide bonds. The van der Waals surface area contributed by atoms with Gasteiger partial charge in [0.25, 0.3) is 5.91 Å². The summed E-state index contributed by atoms with van der Waals surface area (Å²) in [5.41, 5.74) is 3.01. The first-order chi connectivity index (χ1) is 15.0. The molecule has 6 nitrogen and oxygen atoms in total. The molecule has 1 fully saturated rings. The van der Waals surface area contributed by atoms with Gasteiger partial charge in [0.05, 0.1) is 4.90 Å². The zero-order chi connectivity index (χ0) is 22.0. The second kappa shape index (κ2) is 8.85. The predicted molar refractivity (Wildman–Crippen MR) is 123 cm³/mol. The summed E-state index contributed by atoms with van der Waals surface area (Å²) in [6.07, 6.45) is 3.94. The molecule has 0 spiro atoms. The van der Waals surface area contributed by atoms with Crippen molar-refractivity contribution in [1.82, 2.24) is 14.2 Å². The molecule has 0 unspecified atom stereocenters. The van der Waals surface area contributed by atoms with Crippen molar-refractivity contribution < 1.29 is 13.2 Å². The molecular weight excluding hydrogens is 410 g/mol. The zero-order valence-electron chi connectivity index (χ0n) is 18.0. The lowest BCUT2D eigenvalue weighted by molar-refractivity contribution is 0.0713. The number of hydrogen-bond acceptors (Lipinski definition) is 3. The summed E-state index contributed by atoms with van der Waals surface area (Å²) >= 11 is 0. The van der Waals surface area contributed by atoms with Crippen LogP contribution < -0.4 is 0 Å². The first-order valence-electron chi connectivity index (χ1n) is 10.9. The number of rotatable bonds is 6. The number of nitrogens with zero attached hydrogens (tertiary/aromatic N) is 2. The van der Waals surface area contributed by atoms with E-state index in [0.717, 1.165) is 18.4 Å². The smallest absolute Gasteiger partial charge is 0.253 e. The molecule has 0 aliphatic carbocycles. The number of aromatic amines is 1. The summed E-state index contributed by atoms with van der Waals surface area (Å²) in [6.45, 7) is 5.87. The molecule has 2 aromatic carbocycles. The molecule has 1 N–H and O–H groups in total. The number of carbonyl (C=O) groups is 1. The molecule has 0 atom stereocenters. The number of aromatic nitrogens is 1. The van der Waals surface area contributed by atoms with Crippen molar-refractivity contribution in [3.63, 3.8) is 0 Å². The average Bonchev–Trinajstić information content (AvgIpc) is 3.24. The lowest BCUT2D eigenvalue weighted by Crippen LogP contribution is -2.38. The topological polar surface area (TPSA) is 73.5 Å². The van der Waals surface area contributed by atoms with Crippen LogP contribution in [0.15, 0.2) is 59.6 Å². The lowest BCUT2D eigenvalue weighted by atomic mass is 9.89. The van der Waals surface area contributed by atoms with Crippen molar-refractivity contribution in [3.05, 3.63) is 65.9 Å². The summed E-state index contributed by atoms with van der Waals surface area (Å²) in [5, 5.41) is 1.26. The van der Waals surface area contributed by atoms with Crippen molar-refractivity contribution in [2.75, 3.05) is 26.2 Å². The number of nitrogens with one attached hydrogen (secondary N) is 1. The van der Waals surface area contributed by atoms with Crippen LogP contribution in [0.5, 0.6) is 0 Å². The number of fused-ring (bicyclic) bond motifs is 1. The minimum atomic E-state index is -3.51. The summed E-state index contributed by atoms with van der Waals surface area (Å²) in [5.74, 6) is 0.394. The van der Waals surface area contributed by atoms with Crippen LogP contribution in [0.2, 0.25) is 0 Å². The highest BCUT2D eigenvalue weighted by atomic mass is 32.2. The van der Waals surface area contributed by atoms with Crippen molar-refractivity contribution in [2.24, 2.45) is 0 Å². The quantitative estimate of drug-likeness (QED) is 0.625. The first kappa shape index (κ1) is 21.6. The van der Waals surface area contributed by atoms with Gasteiger partial charge in [-0.05, 0) is 54.7 Å². The maximum Gasteiger partial charge on any atom is 0.253 e. The van der Waals surface area contributed by atoms with Crippen LogP contribution >= 0.6 is 0 Å². The summed E-state index contributed by atoms with van der Waals surface area (Å²) in [4.78, 5) is 18.4. The second-order valence-corrected chi connectivity index (χ2v) is 9.91. The Kier molecular flexibility index (Phi) is 6.16. The van der Waals surface area contributed by atoms with Crippen LogP contribution in [0.3, 0.4) is 0 Å². The van der Waals surface area contributed by atoms with Crippen LogP contribution in [-0.4, -0.2) is 54.7 Å². The van der Waals surface area contributed by atoms with Gasteiger partial charge in [0, 0.05) is 48.8 Å². The first-order valence-corrected chi connectivity index (χ1v) is 12.3. The number of amides is 1. The third kappa shape index (κ3) is 4.12. The SMILES string of the molecule is CCN(CC)S(=O)(=O)c1ccc(C(=O)N2CCC(c3c[nH]c4ccccc34)CC2)cc1. The van der Waals surface area contributed by atoms with E-state index < -0.39 is 10.0 Å². The van der Waals surface area contributed by atoms with Crippen molar-refractivity contribution in [2.45, 2.75) is 37.5 Å². The highest BCUT2D eigenvalue weighted by molar-refractivity contribution is 7.89. The van der Waals surface area contributed by atoms with Gasteiger partial charge in [-0.3, -0.25) is 4.79 Å². The summed E-state index contributed by atoms with van der Waals surface area (Å²) in [7, 11) is -3.51. The van der Waals surface area contributed by atoms with E-state index in [9.17, 15) is 13.2 Å². The van der Waals surface area contributed by atoms with E-state index in [4.69, 9.17) is 0 Å². The number of hydrogen-bond donors (Lipinski definition) is 1. The Balaban J connectivity index is 1.43. The normalized spacial score (nSPS) is 15.6. The van der Waals surface area contributed by atoms with Crippen LogP contribution in [0.1, 0.15) is 48.5 Å². The number of likely N-dealkylation sites (tertiary alicyclic amines) is 1. The molecule has 0 saturated carbocycles. The van der Waals surface area contributed by atoms with Crippen LogP contribution in [-0.2, 0) is 10.0 Å². The molecule has 7 heteroatoms. The lowest BCUT2D eigenvalue weighted by Gasteiger charge is -2.32. The Labute approximate surface area is 183 Å². The predicted octanol–water partition coefficient (Wildman–Crippen LogP) is 4.22. The fraction of sp³-hybridized carbons (Fsp3) is 0.375. The number of para-hydroxylation sites is 1. The fourth-order valence-electron chi connectivity index (χ4n) is 4.49. The molecule has 1 aromatic heterocycles. The van der Waals surface area contributed by atoms with Crippen molar-refractivity contribution >= 4 is 26.8 Å². The maximum absolute atomic E-state index is 13.0. The minimum absolute atomic E-state index is 0.0378. The maximum atomic E-state index is 13.0. The summed E-state index contributed by atoms with van der Waals surface area (Å²) < 4.78 is 26.7. The zero-order valence-corrected chi connectivity index (χ0v) is 18.9. The van der Waals surface area contributed by atoms with E-state index >= 15 is 0 Å². The molecular formula is C24H29N3O3S. The van der Waals surface area contributed by atoms with Crippen molar-refractivity contribution in [3.8, 4) is 0 Å². The van der Waals surface area contributed by atoms with Gasteiger partial charge < -0.3 is 9.88 Å². The van der Waals surface area contributed by atoms with E-state index in [1.807, 2.05) is 24.8 Å². The largest absolute Gasteiger partial charge is 0.361 e. The van der Waals surface area contributed by atoms with E-state index in [-0.39, 0.29) is 10.8 Å². The van der Waals surface area contributed by atoms with Gasteiger partial charge in [-0.15, -0.1) is 0 Å². The van der Waals surface area contributed by atoms with Gasteiger partial charge in [0.2, 0.25) is 10.0 Å². The van der Waals surface area contributed by atoms with Crippen LogP contribution in [0, 0.1) is 0 Å². The number of piperidine rings is 1. The molecule has 2 heterocycles. The Bertz CT molecular complexity index is 1160. The molecule has 1 aliphatic heterocycles. The van der Waals surface area contributed by atoms with E-state index in [0.29, 0.717) is 37.7 Å². The number of sulfonamides is 1. The van der Waals surface area contributed by atoms with Crippen LogP contribution in [0.4, 0.5) is 0 Å². The highest BCUT2D eigenvalue weighted by Crippen LogP contribution is 2.33. The molecule has 1 saturated heterocycles. The third-order valence-corrected chi connectivity index (χ3v) is 8.35. The Morgan fingerprint density at radius 2 is 1.68 bits per heavy atom. The monoisotopic (exact) mass is 439 g/mol. The average molecular weight is 440 g/mol. The molecule has 3 aromatic rings. The van der Waals surface area contributed by atoms with Gasteiger partial charge >= 0.3 is 0 Å². The van der Waals surface area contributed by atoms with Crippen LogP contribution in [0.25, 0.3) is 10.9 Å². The fourth-order valence-corrected chi connectivity index (χ4v) is 5.95. The van der Waals surface area contributed by atoms with Crippen molar-refractivity contribution in [1.29, 1.82) is 0 Å². The molecule has 4 rings (SSSR count). The molecule has 0 bridgehead atoms. The van der Waals surface area contributed by atoms with Gasteiger partial charge in [0.1, 0.15) is 0 Å². The Hall–Kier alpha value is -2.64. The minimum Gasteiger partial charge on any atom is -0.361 e. The Morgan fingerprint density at radius 1 is 1.03 bits per heavy atom. The molecule has 1 aliphatic rings. The second-order valence-electron chi connectivity index (χ2n) is 7.97. The number of H-pyrrole nitrogens is 1. The summed E-state index contributed by atoms with van der Waals surface area (Å²) in [6, 6.07) is 14.7. The Morgan fingerprint density at radius 3 is 2.32 bits per heavy atom. The van der Waals surface area contributed by atoms with E-state index in [2.05, 4.69) is 29.4 Å². The van der Waals surface area contributed by atoms with E-state index in [1.165, 1.54) is 15.3 Å². The molecule has 164 valence electrons. The third-order valence-electron chi connectivity index (χ3n) is 6.29. The number of carbonyl (C=O) groups excluding carboxylic acids is 1. The van der Waals surface area contributed by atoms with Gasteiger partial charge in [-0.2, -0.15) is 4.31 Å². The van der Waals surface area contributed by atoms with Gasteiger partial charge in [-0.1, -0.05) is 32.0 Å². The number of benzene rings is 2. The van der Waals surface area contributed by atoms with Gasteiger partial charge in [-0.25, -0.2) is 8.42 Å². The van der Waals surface area contributed by atoms with E-state index in [1.54, 1.807) is 24.3 Å². The molecule has 0 radical (unpaired) electrons. The van der Waals surface area contributed by atoms with Gasteiger partial charge in [0.15, 0.2) is 0 Å². The molecule has 31 heavy (non-hydrogen) atoms. The standard InChI is InChI=1S/C24H29N3O3S/c1-3-27(4-2)31(29,30)20-11-9-19(10-12-20)24(28)26-15-13-18(14-16-26)22-17-25-23-8-6-5-7-21(22)23/h5-12,17-18,25H,3-4,13-16H2,1-2H3.